The summed E-state index contributed by atoms with van der Waals surface area (Å²) in [5.41, 5.74) is -1.67. The summed E-state index contributed by atoms with van der Waals surface area (Å²) in [6.07, 6.45) is 0.523. The molecule has 0 saturated carbocycles. The highest BCUT2D eigenvalue weighted by Crippen LogP contribution is 2.28. The van der Waals surface area contributed by atoms with Gasteiger partial charge in [0.1, 0.15) is 5.54 Å². The molecule has 0 aromatic heterocycles. The van der Waals surface area contributed by atoms with E-state index >= 15 is 0 Å². The fourth-order valence-corrected chi connectivity index (χ4v) is 3.13. The van der Waals surface area contributed by atoms with Crippen LogP contribution in [0.15, 0.2) is 18.2 Å². The molecule has 1 unspecified atom stereocenters. The van der Waals surface area contributed by atoms with Crippen molar-refractivity contribution in [1.29, 1.82) is 5.26 Å². The molecule has 0 spiro atoms. The number of thioether (sulfide) groups is 1. The van der Waals surface area contributed by atoms with E-state index in [4.69, 9.17) is 5.26 Å². The number of nitriles is 1. The maximum atomic E-state index is 13.5. The van der Waals surface area contributed by atoms with E-state index in [9.17, 15) is 19.3 Å². The van der Waals surface area contributed by atoms with Gasteiger partial charge in [-0.2, -0.15) is 21.4 Å². The van der Waals surface area contributed by atoms with Crippen LogP contribution < -0.4 is 5.32 Å². The predicted octanol–water partition coefficient (Wildman–Crippen LogP) is 1.86. The first-order chi connectivity index (χ1) is 9.47. The number of nitrogens with one attached hydrogen (secondary N) is 1. The van der Waals surface area contributed by atoms with Gasteiger partial charge in [0.05, 0.1) is 11.0 Å². The number of carbonyl (C=O) groups excluding carboxylic acids is 1. The molecule has 1 saturated heterocycles. The molecule has 20 heavy (non-hydrogen) atoms. The van der Waals surface area contributed by atoms with Gasteiger partial charge in [0.2, 0.25) is 5.82 Å². The number of hydrogen-bond donors (Lipinski definition) is 1. The first kappa shape index (κ1) is 14.3. The SMILES string of the molecule is N#CC1(NC(=O)c2ccc([N+](=O)[O-])c(F)c2)CCSC1. The summed E-state index contributed by atoms with van der Waals surface area (Å²) in [5.74, 6) is -0.440. The summed E-state index contributed by atoms with van der Waals surface area (Å²) in [4.78, 5) is 21.6. The van der Waals surface area contributed by atoms with Gasteiger partial charge in [0.15, 0.2) is 0 Å². The molecule has 1 fully saturated rings. The molecule has 8 heteroatoms. The van der Waals surface area contributed by atoms with E-state index in [1.807, 2.05) is 0 Å². The number of carbonyl (C=O) groups is 1. The van der Waals surface area contributed by atoms with Crippen molar-refractivity contribution in [2.24, 2.45) is 0 Å². The van der Waals surface area contributed by atoms with Gasteiger partial charge in [0.25, 0.3) is 5.91 Å². The van der Waals surface area contributed by atoms with Crippen molar-refractivity contribution in [3.8, 4) is 6.07 Å². The second-order valence-corrected chi connectivity index (χ2v) is 5.48. The molecule has 1 amide bonds. The largest absolute Gasteiger partial charge is 0.333 e. The summed E-state index contributed by atoms with van der Waals surface area (Å²) in [5, 5.41) is 22.2. The topological polar surface area (TPSA) is 96.0 Å². The van der Waals surface area contributed by atoms with E-state index in [2.05, 4.69) is 11.4 Å². The molecule has 1 atom stereocenters. The number of halogens is 1. The molecular weight excluding hydrogens is 285 g/mol. The van der Waals surface area contributed by atoms with Crippen LogP contribution in [0.25, 0.3) is 0 Å². The van der Waals surface area contributed by atoms with Crippen molar-refractivity contribution in [3.05, 3.63) is 39.7 Å². The monoisotopic (exact) mass is 295 g/mol. The fraction of sp³-hybridized carbons (Fsp3) is 0.333. The molecule has 1 aromatic rings. The fourth-order valence-electron chi connectivity index (χ4n) is 1.87. The molecule has 1 aliphatic heterocycles. The lowest BCUT2D eigenvalue weighted by molar-refractivity contribution is -0.387. The van der Waals surface area contributed by atoms with Crippen LogP contribution in [-0.4, -0.2) is 27.9 Å². The highest BCUT2D eigenvalue weighted by molar-refractivity contribution is 7.99. The molecule has 1 aliphatic rings. The molecule has 0 aliphatic carbocycles. The van der Waals surface area contributed by atoms with Crippen LogP contribution in [0, 0.1) is 27.3 Å². The molecule has 6 nitrogen and oxygen atoms in total. The van der Waals surface area contributed by atoms with Crippen molar-refractivity contribution >= 4 is 23.4 Å². The summed E-state index contributed by atoms with van der Waals surface area (Å²) < 4.78 is 13.5. The van der Waals surface area contributed by atoms with Crippen molar-refractivity contribution in [1.82, 2.24) is 5.32 Å². The molecule has 104 valence electrons. The summed E-state index contributed by atoms with van der Waals surface area (Å²) >= 11 is 1.55. The average molecular weight is 295 g/mol. The second-order valence-electron chi connectivity index (χ2n) is 4.37. The Bertz CT molecular complexity index is 608. The standard InChI is InChI=1S/C12H10FN3O3S/c13-9-5-8(1-2-10(9)16(18)19)11(17)15-12(6-14)3-4-20-7-12/h1-2,5H,3-4,7H2,(H,15,17). The van der Waals surface area contributed by atoms with Crippen molar-refractivity contribution in [2.75, 3.05) is 11.5 Å². The summed E-state index contributed by atoms with van der Waals surface area (Å²) in [6, 6.07) is 4.98. The molecule has 0 bridgehead atoms. The van der Waals surface area contributed by atoms with E-state index in [-0.39, 0.29) is 5.56 Å². The lowest BCUT2D eigenvalue weighted by Crippen LogP contribution is -2.47. The van der Waals surface area contributed by atoms with E-state index < -0.39 is 27.9 Å². The van der Waals surface area contributed by atoms with Gasteiger partial charge in [-0.3, -0.25) is 14.9 Å². The lowest BCUT2D eigenvalue weighted by atomic mass is 10.0. The Kier molecular flexibility index (Phi) is 3.90. The highest BCUT2D eigenvalue weighted by atomic mass is 32.2. The zero-order valence-corrected chi connectivity index (χ0v) is 11.1. The number of nitro groups is 1. The number of hydrogen-bond acceptors (Lipinski definition) is 5. The third-order valence-electron chi connectivity index (χ3n) is 3.00. The molecule has 1 N–H and O–H groups in total. The Balaban J connectivity index is 2.20. The minimum atomic E-state index is -1.07. The Morgan fingerprint density at radius 3 is 2.85 bits per heavy atom. The average Bonchev–Trinajstić information content (AvgIpc) is 2.87. The molecule has 2 rings (SSSR count). The number of rotatable bonds is 3. The second kappa shape index (κ2) is 5.46. The van der Waals surface area contributed by atoms with Crippen LogP contribution in [0.5, 0.6) is 0 Å². The minimum Gasteiger partial charge on any atom is -0.333 e. The van der Waals surface area contributed by atoms with Crippen molar-refractivity contribution in [3.63, 3.8) is 0 Å². The smallest absolute Gasteiger partial charge is 0.304 e. The van der Waals surface area contributed by atoms with Gasteiger partial charge in [0, 0.05) is 17.4 Å². The van der Waals surface area contributed by atoms with Gasteiger partial charge in [-0.1, -0.05) is 0 Å². The Labute approximate surface area is 118 Å². The molecule has 0 radical (unpaired) electrons. The number of nitrogens with zero attached hydrogens (tertiary/aromatic N) is 2. The van der Waals surface area contributed by atoms with Gasteiger partial charge >= 0.3 is 5.69 Å². The Morgan fingerprint density at radius 2 is 2.35 bits per heavy atom. The maximum Gasteiger partial charge on any atom is 0.304 e. The van der Waals surface area contributed by atoms with Crippen LogP contribution in [0.2, 0.25) is 0 Å². The van der Waals surface area contributed by atoms with E-state index in [1.54, 1.807) is 11.8 Å². The van der Waals surface area contributed by atoms with Crippen LogP contribution in [-0.2, 0) is 0 Å². The first-order valence-corrected chi connectivity index (χ1v) is 6.88. The van der Waals surface area contributed by atoms with Crippen LogP contribution in [0.4, 0.5) is 10.1 Å². The van der Waals surface area contributed by atoms with Gasteiger partial charge in [-0.15, -0.1) is 0 Å². The molecule has 1 aromatic carbocycles. The zero-order valence-electron chi connectivity index (χ0n) is 10.3. The first-order valence-electron chi connectivity index (χ1n) is 5.73. The molecular formula is C12H10FN3O3S. The van der Waals surface area contributed by atoms with Crippen molar-refractivity contribution < 1.29 is 14.1 Å². The minimum absolute atomic E-state index is 0.0420. The van der Waals surface area contributed by atoms with Gasteiger partial charge in [-0.25, -0.2) is 0 Å². The summed E-state index contributed by atoms with van der Waals surface area (Å²) in [7, 11) is 0. The predicted molar refractivity (Wildman–Crippen MR) is 70.8 cm³/mol. The van der Waals surface area contributed by atoms with Gasteiger partial charge in [-0.05, 0) is 24.3 Å². The van der Waals surface area contributed by atoms with Gasteiger partial charge < -0.3 is 5.32 Å². The van der Waals surface area contributed by atoms with Crippen LogP contribution >= 0.6 is 11.8 Å². The lowest BCUT2D eigenvalue weighted by Gasteiger charge is -2.21. The Hall–Kier alpha value is -2.14. The van der Waals surface area contributed by atoms with Crippen LogP contribution in [0.3, 0.4) is 0 Å². The quantitative estimate of drug-likeness (QED) is 0.678. The Morgan fingerprint density at radius 1 is 1.60 bits per heavy atom. The van der Waals surface area contributed by atoms with E-state index in [1.165, 1.54) is 6.07 Å². The number of benzene rings is 1. The van der Waals surface area contributed by atoms with Crippen molar-refractivity contribution in [2.45, 2.75) is 12.0 Å². The third-order valence-corrected chi connectivity index (χ3v) is 4.18. The maximum absolute atomic E-state index is 13.5. The number of amides is 1. The normalized spacial score (nSPS) is 21.2. The third kappa shape index (κ3) is 2.72. The zero-order chi connectivity index (χ0) is 14.8. The summed E-state index contributed by atoms with van der Waals surface area (Å²) in [6.45, 7) is 0. The van der Waals surface area contributed by atoms with Crippen LogP contribution in [0.1, 0.15) is 16.8 Å². The van der Waals surface area contributed by atoms with E-state index in [0.29, 0.717) is 12.2 Å². The highest BCUT2D eigenvalue weighted by Gasteiger charge is 2.36. The number of nitro benzene ring substituents is 1. The van der Waals surface area contributed by atoms with E-state index in [0.717, 1.165) is 17.9 Å². The molecule has 1 heterocycles.